The first-order valence-electron chi connectivity index (χ1n) is 12.4. The smallest absolute Gasteiger partial charge is 0.352 e. The van der Waals surface area contributed by atoms with E-state index < -0.39 is 40.8 Å². The van der Waals surface area contributed by atoms with Crippen molar-refractivity contribution >= 4 is 80.4 Å². The van der Waals surface area contributed by atoms with Crippen LogP contribution in [0.15, 0.2) is 63.2 Å². The zero-order valence-corrected chi connectivity index (χ0v) is 24.6. The predicted molar refractivity (Wildman–Crippen MR) is 158 cm³/mol. The molecule has 0 saturated carbocycles. The summed E-state index contributed by atoms with van der Waals surface area (Å²) in [4.78, 5) is 65.9. The molecule has 2 atom stereocenters. The summed E-state index contributed by atoms with van der Waals surface area (Å²) in [5, 5.41) is 27.6. The lowest BCUT2D eigenvalue weighted by atomic mass is 10.0. The van der Waals surface area contributed by atoms with E-state index in [0.29, 0.717) is 17.1 Å². The van der Waals surface area contributed by atoms with Crippen molar-refractivity contribution in [2.45, 2.75) is 35.8 Å². The molecule has 218 valence electrons. The molecule has 2 aromatic heterocycles. The van der Waals surface area contributed by atoms with Crippen molar-refractivity contribution in [2.24, 2.45) is 5.16 Å². The maximum absolute atomic E-state index is 13.2. The fourth-order valence-corrected chi connectivity index (χ4v) is 7.23. The molecule has 4 heterocycles. The first-order chi connectivity index (χ1) is 20.0. The molecule has 3 aromatic rings. The Bertz CT molecular complexity index is 1670. The highest BCUT2D eigenvalue weighted by molar-refractivity contribution is 8.01. The number of nitrogens with two attached hydrogens (primary N) is 1. The molecule has 2 unspecified atom stereocenters. The number of nitrogens with one attached hydrogen (secondary N) is 1. The Morgan fingerprint density at radius 3 is 2.71 bits per heavy atom. The number of aromatic nitrogens is 2. The number of carboxylic acid groups (broad SMARTS) is 2. The van der Waals surface area contributed by atoms with Crippen molar-refractivity contribution in [3.63, 3.8) is 0 Å². The van der Waals surface area contributed by atoms with Gasteiger partial charge in [0.15, 0.2) is 10.8 Å². The molecule has 1 fully saturated rings. The van der Waals surface area contributed by atoms with E-state index in [4.69, 9.17) is 10.6 Å². The molecule has 1 aromatic carbocycles. The topological polar surface area (TPSA) is 197 Å². The van der Waals surface area contributed by atoms with Crippen LogP contribution in [0.2, 0.25) is 0 Å². The van der Waals surface area contributed by atoms with Gasteiger partial charge < -0.3 is 26.1 Å². The van der Waals surface area contributed by atoms with Crippen LogP contribution in [-0.4, -0.2) is 83.1 Å². The molecule has 2 amide bonds. The number of fused-ring (bicyclic) bond motifs is 2. The molecule has 0 radical (unpaired) electrons. The Labute approximate surface area is 251 Å². The lowest BCUT2D eigenvalue weighted by Gasteiger charge is -2.49. The first-order valence-corrected chi connectivity index (χ1v) is 15.3. The number of rotatable bonds is 10. The van der Waals surface area contributed by atoms with Crippen LogP contribution in [0.5, 0.6) is 0 Å². The van der Waals surface area contributed by atoms with Crippen LogP contribution in [0.3, 0.4) is 0 Å². The number of carboxylic acids is 2. The van der Waals surface area contributed by atoms with Crippen molar-refractivity contribution in [1.29, 1.82) is 0 Å². The van der Waals surface area contributed by atoms with Gasteiger partial charge in [0.25, 0.3) is 11.8 Å². The first kappa shape index (κ1) is 29.3. The molecule has 5 rings (SSSR count). The highest BCUT2D eigenvalue weighted by Crippen LogP contribution is 2.42. The number of benzene rings is 1. The van der Waals surface area contributed by atoms with Crippen LogP contribution in [0.25, 0.3) is 10.9 Å². The van der Waals surface area contributed by atoms with Crippen LogP contribution in [-0.2, 0) is 24.0 Å². The van der Waals surface area contributed by atoms with Gasteiger partial charge in [-0.3, -0.25) is 19.5 Å². The molecule has 13 nitrogen and oxygen atoms in total. The maximum Gasteiger partial charge on any atom is 0.352 e. The monoisotopic (exact) mass is 628 g/mol. The summed E-state index contributed by atoms with van der Waals surface area (Å²) < 4.78 is 0. The fourth-order valence-electron chi connectivity index (χ4n) is 4.16. The standard InChI is InChI=1S/C26H24N6O7S3/c1-26(2,24(37)38)39-31-17(14-11-42-25(27)29-14)20(33)30-18-21(34)32-19(23(35)36)13(10-41-22(18)32)9-40-15-7-3-5-12-6-4-8-28-16(12)15/h3-8,11,18,22H,9-10H2,1-2H3,(H2,27,29)(H,30,33)(H,35,36)(H,37,38)/b31-17-. The van der Waals surface area contributed by atoms with Crippen LogP contribution in [0.4, 0.5) is 5.13 Å². The minimum absolute atomic E-state index is 0.0319. The van der Waals surface area contributed by atoms with Gasteiger partial charge in [-0.25, -0.2) is 14.6 Å². The summed E-state index contributed by atoms with van der Waals surface area (Å²) >= 11 is 3.80. The molecule has 0 bridgehead atoms. The average molecular weight is 629 g/mol. The lowest BCUT2D eigenvalue weighted by Crippen LogP contribution is -2.71. The fraction of sp³-hybridized carbons (Fsp3) is 0.269. The molecule has 2 aliphatic rings. The summed E-state index contributed by atoms with van der Waals surface area (Å²) in [7, 11) is 0. The molecule has 5 N–H and O–H groups in total. The number of amides is 2. The van der Waals surface area contributed by atoms with Gasteiger partial charge in [0.2, 0.25) is 5.60 Å². The highest BCUT2D eigenvalue weighted by atomic mass is 32.2. The van der Waals surface area contributed by atoms with E-state index in [2.05, 4.69) is 20.4 Å². The van der Waals surface area contributed by atoms with Crippen molar-refractivity contribution in [1.82, 2.24) is 20.2 Å². The number of thioether (sulfide) groups is 2. The van der Waals surface area contributed by atoms with E-state index in [1.54, 1.807) is 6.20 Å². The highest BCUT2D eigenvalue weighted by Gasteiger charge is 2.54. The van der Waals surface area contributed by atoms with Crippen molar-refractivity contribution < 1.29 is 34.2 Å². The molecule has 1 saturated heterocycles. The molecule has 0 spiro atoms. The number of oxime groups is 1. The third kappa shape index (κ3) is 5.64. The van der Waals surface area contributed by atoms with Gasteiger partial charge >= 0.3 is 11.9 Å². The van der Waals surface area contributed by atoms with Crippen molar-refractivity contribution in [3.8, 4) is 0 Å². The van der Waals surface area contributed by atoms with Gasteiger partial charge in [-0.15, -0.1) is 34.9 Å². The number of aliphatic carboxylic acids is 2. The second-order valence-corrected chi connectivity index (χ2v) is 12.7. The number of para-hydroxylation sites is 1. The third-order valence-corrected chi connectivity index (χ3v) is 9.54. The summed E-state index contributed by atoms with van der Waals surface area (Å²) in [6.07, 6.45) is 1.70. The molecular weight excluding hydrogens is 605 g/mol. The van der Waals surface area contributed by atoms with Crippen LogP contribution in [0.1, 0.15) is 19.5 Å². The van der Waals surface area contributed by atoms with Gasteiger partial charge in [0, 0.05) is 33.4 Å². The van der Waals surface area contributed by atoms with E-state index >= 15 is 0 Å². The van der Waals surface area contributed by atoms with Crippen molar-refractivity contribution in [2.75, 3.05) is 17.2 Å². The summed E-state index contributed by atoms with van der Waals surface area (Å²) in [6.45, 7) is 2.50. The van der Waals surface area contributed by atoms with Gasteiger partial charge in [0.05, 0.1) is 5.52 Å². The second-order valence-electron chi connectivity index (χ2n) is 9.66. The summed E-state index contributed by atoms with van der Waals surface area (Å²) in [6, 6.07) is 8.50. The maximum atomic E-state index is 13.2. The van der Waals surface area contributed by atoms with Gasteiger partial charge in [-0.2, -0.15) is 0 Å². The molecule has 0 aliphatic carbocycles. The van der Waals surface area contributed by atoms with Crippen LogP contribution < -0.4 is 11.1 Å². The number of thiazole rings is 1. The number of carbonyl (C=O) groups excluding carboxylic acids is 2. The number of pyridine rings is 1. The Hall–Kier alpha value is -4.15. The Morgan fingerprint density at radius 2 is 2.02 bits per heavy atom. The van der Waals surface area contributed by atoms with Gasteiger partial charge in [-0.1, -0.05) is 23.4 Å². The van der Waals surface area contributed by atoms with E-state index in [1.165, 1.54) is 47.7 Å². The summed E-state index contributed by atoms with van der Waals surface area (Å²) in [5.74, 6) is -3.36. The zero-order valence-electron chi connectivity index (χ0n) is 22.1. The van der Waals surface area contributed by atoms with Gasteiger partial charge in [-0.05, 0) is 31.6 Å². The SMILES string of the molecule is CC(C)(O/N=C(\C(=O)NC1C(=O)N2C(C(=O)O)=C(CSc3cccc4cccnc34)CSC12)c1csc(N)n1)C(=O)O. The number of nitrogens with zero attached hydrogens (tertiary/aromatic N) is 4. The van der Waals surface area contributed by atoms with E-state index in [0.717, 1.165) is 27.1 Å². The Balaban J connectivity index is 1.34. The minimum Gasteiger partial charge on any atom is -0.478 e. The number of carbonyl (C=O) groups is 4. The third-order valence-electron chi connectivity index (χ3n) is 6.39. The quantitative estimate of drug-likeness (QED) is 0.111. The van der Waals surface area contributed by atoms with E-state index in [1.807, 2.05) is 30.3 Å². The van der Waals surface area contributed by atoms with E-state index in [9.17, 15) is 29.4 Å². The molecule has 16 heteroatoms. The van der Waals surface area contributed by atoms with Crippen LogP contribution in [0, 0.1) is 0 Å². The molecular formula is C26H24N6O7S3. The normalized spacial score (nSPS) is 18.9. The van der Waals surface area contributed by atoms with E-state index in [-0.39, 0.29) is 22.2 Å². The Kier molecular flexibility index (Phi) is 8.12. The lowest BCUT2D eigenvalue weighted by molar-refractivity contribution is -0.161. The average Bonchev–Trinajstić information content (AvgIpc) is 3.39. The number of β-lactam (4-membered cyclic amide) rings is 1. The minimum atomic E-state index is -1.76. The van der Waals surface area contributed by atoms with Gasteiger partial charge in [0.1, 0.15) is 22.8 Å². The van der Waals surface area contributed by atoms with Crippen molar-refractivity contribution in [3.05, 3.63) is 58.9 Å². The predicted octanol–water partition coefficient (Wildman–Crippen LogP) is 2.39. The zero-order chi connectivity index (χ0) is 30.2. The number of hydrogen-bond donors (Lipinski definition) is 4. The summed E-state index contributed by atoms with van der Waals surface area (Å²) in [5.41, 5.74) is 4.87. The van der Waals surface area contributed by atoms with Crippen LogP contribution >= 0.6 is 34.9 Å². The second kappa shape index (κ2) is 11.6. The number of anilines is 1. The number of nitrogen functional groups attached to an aromatic ring is 1. The largest absolute Gasteiger partial charge is 0.478 e. The Morgan fingerprint density at radius 1 is 1.26 bits per heavy atom. The molecule has 42 heavy (non-hydrogen) atoms. The molecule has 2 aliphatic heterocycles. The number of hydrogen-bond acceptors (Lipinski definition) is 12.